The predicted molar refractivity (Wildman–Crippen MR) is 107 cm³/mol. The second-order valence-electron chi connectivity index (χ2n) is 6.24. The van der Waals surface area contributed by atoms with E-state index < -0.39 is 14.9 Å². The highest BCUT2D eigenvalue weighted by molar-refractivity contribution is 7.99. The third-order valence-electron chi connectivity index (χ3n) is 4.36. The second-order valence-corrected chi connectivity index (χ2v) is 9.18. The first-order valence-electron chi connectivity index (χ1n) is 8.88. The SMILES string of the molecule is O=[N+]([O-])c1cc(S(=O)(=O)N2CCOCC2)ccc1Sc1nnc(-c2ccccc2)o1. The molecule has 10 nitrogen and oxygen atoms in total. The minimum atomic E-state index is -3.85. The smallest absolute Gasteiger partial charge is 0.284 e. The van der Waals surface area contributed by atoms with Crippen molar-refractivity contribution in [3.63, 3.8) is 0 Å². The maximum atomic E-state index is 12.8. The molecule has 1 fully saturated rings. The van der Waals surface area contributed by atoms with Gasteiger partial charge in [-0.05, 0) is 36.0 Å². The molecule has 1 saturated heterocycles. The molecule has 0 aliphatic carbocycles. The Morgan fingerprint density at radius 1 is 1.07 bits per heavy atom. The van der Waals surface area contributed by atoms with E-state index in [1.807, 2.05) is 18.2 Å². The Bertz CT molecular complexity index is 1160. The van der Waals surface area contributed by atoms with Crippen LogP contribution in [-0.4, -0.2) is 54.1 Å². The van der Waals surface area contributed by atoms with Crippen molar-refractivity contribution in [2.45, 2.75) is 15.0 Å². The van der Waals surface area contributed by atoms with Gasteiger partial charge in [-0.1, -0.05) is 18.2 Å². The number of aromatic nitrogens is 2. The summed E-state index contributed by atoms with van der Waals surface area (Å²) in [5.41, 5.74) is 0.368. The maximum absolute atomic E-state index is 12.8. The summed E-state index contributed by atoms with van der Waals surface area (Å²) in [7, 11) is -3.85. The Hall–Kier alpha value is -2.80. The summed E-state index contributed by atoms with van der Waals surface area (Å²) < 4.78 is 37.6. The molecule has 3 aromatic rings. The van der Waals surface area contributed by atoms with Gasteiger partial charge >= 0.3 is 0 Å². The van der Waals surface area contributed by atoms with Gasteiger partial charge in [0.2, 0.25) is 15.9 Å². The average molecular weight is 448 g/mol. The fourth-order valence-corrected chi connectivity index (χ4v) is 5.06. The Morgan fingerprint density at radius 2 is 1.80 bits per heavy atom. The number of benzene rings is 2. The highest BCUT2D eigenvalue weighted by atomic mass is 32.2. The lowest BCUT2D eigenvalue weighted by atomic mass is 10.2. The minimum Gasteiger partial charge on any atom is -0.411 e. The Kier molecular flexibility index (Phi) is 5.81. The number of sulfonamides is 1. The summed E-state index contributed by atoms with van der Waals surface area (Å²) in [6.45, 7) is 0.986. The number of morpholine rings is 1. The zero-order valence-corrected chi connectivity index (χ0v) is 17.1. The van der Waals surface area contributed by atoms with Gasteiger partial charge < -0.3 is 9.15 Å². The predicted octanol–water partition coefficient (Wildman–Crippen LogP) is 2.82. The van der Waals surface area contributed by atoms with Gasteiger partial charge in [-0.2, -0.15) is 4.31 Å². The van der Waals surface area contributed by atoms with Crippen LogP contribution in [-0.2, 0) is 14.8 Å². The van der Waals surface area contributed by atoms with Crippen LogP contribution in [0, 0.1) is 10.1 Å². The second kappa shape index (κ2) is 8.52. The van der Waals surface area contributed by atoms with Crippen molar-refractivity contribution < 1.29 is 22.5 Å². The molecule has 0 amide bonds. The topological polar surface area (TPSA) is 129 Å². The highest BCUT2D eigenvalue weighted by Crippen LogP contribution is 2.37. The minimum absolute atomic E-state index is 0.112. The van der Waals surface area contributed by atoms with Gasteiger partial charge in [0.15, 0.2) is 0 Å². The number of rotatable bonds is 6. The average Bonchev–Trinajstić information content (AvgIpc) is 3.23. The molecule has 156 valence electrons. The molecule has 0 atom stereocenters. The number of hydrogen-bond donors (Lipinski definition) is 0. The van der Waals surface area contributed by atoms with Crippen LogP contribution in [0.1, 0.15) is 0 Å². The van der Waals surface area contributed by atoms with E-state index in [0.717, 1.165) is 23.4 Å². The van der Waals surface area contributed by atoms with Crippen LogP contribution in [0.5, 0.6) is 0 Å². The van der Waals surface area contributed by atoms with Gasteiger partial charge in [0.05, 0.1) is 27.9 Å². The first-order chi connectivity index (χ1) is 14.4. The molecule has 0 spiro atoms. The van der Waals surface area contributed by atoms with Crippen molar-refractivity contribution >= 4 is 27.5 Å². The van der Waals surface area contributed by atoms with Crippen molar-refractivity contribution in [2.24, 2.45) is 0 Å². The number of nitrogens with zero attached hydrogens (tertiary/aromatic N) is 4. The molecule has 0 N–H and O–H groups in total. The highest BCUT2D eigenvalue weighted by Gasteiger charge is 2.29. The van der Waals surface area contributed by atoms with E-state index in [1.54, 1.807) is 12.1 Å². The van der Waals surface area contributed by atoms with Crippen molar-refractivity contribution in [1.29, 1.82) is 0 Å². The molecule has 1 aliphatic rings. The van der Waals surface area contributed by atoms with Gasteiger partial charge in [-0.3, -0.25) is 10.1 Å². The fraction of sp³-hybridized carbons (Fsp3) is 0.222. The summed E-state index contributed by atoms with van der Waals surface area (Å²) in [6, 6.07) is 12.9. The van der Waals surface area contributed by atoms with Gasteiger partial charge in [-0.15, -0.1) is 10.2 Å². The van der Waals surface area contributed by atoms with E-state index in [2.05, 4.69) is 10.2 Å². The Labute approximate surface area is 176 Å². The molecule has 1 aromatic heterocycles. The van der Waals surface area contributed by atoms with Crippen LogP contribution in [0.4, 0.5) is 5.69 Å². The van der Waals surface area contributed by atoms with Gasteiger partial charge in [-0.25, -0.2) is 8.42 Å². The fourth-order valence-electron chi connectivity index (χ4n) is 2.87. The zero-order chi connectivity index (χ0) is 21.1. The van der Waals surface area contributed by atoms with E-state index in [4.69, 9.17) is 9.15 Å². The Morgan fingerprint density at radius 3 is 2.50 bits per heavy atom. The molecule has 0 bridgehead atoms. The van der Waals surface area contributed by atoms with Crippen molar-refractivity contribution in [1.82, 2.24) is 14.5 Å². The molecule has 0 saturated carbocycles. The van der Waals surface area contributed by atoms with E-state index in [-0.39, 0.29) is 52.9 Å². The lowest BCUT2D eigenvalue weighted by molar-refractivity contribution is -0.388. The number of hydrogen-bond acceptors (Lipinski definition) is 9. The quantitative estimate of drug-likeness (QED) is 0.413. The monoisotopic (exact) mass is 448 g/mol. The standard InChI is InChI=1S/C18H16N4O6S2/c23-22(24)15-12-14(30(25,26)21-8-10-27-11-9-21)6-7-16(15)29-18-20-19-17(28-18)13-4-2-1-3-5-13/h1-7,12H,8-11H2. The van der Waals surface area contributed by atoms with Gasteiger partial charge in [0.25, 0.3) is 10.9 Å². The summed E-state index contributed by atoms with van der Waals surface area (Å²) in [6.07, 6.45) is 0. The third kappa shape index (κ3) is 4.21. The molecular weight excluding hydrogens is 432 g/mol. The lowest BCUT2D eigenvalue weighted by Crippen LogP contribution is -2.40. The van der Waals surface area contributed by atoms with E-state index in [0.29, 0.717) is 0 Å². The molecule has 2 aromatic carbocycles. The summed E-state index contributed by atoms with van der Waals surface area (Å²) >= 11 is 0.903. The molecule has 1 aliphatic heterocycles. The van der Waals surface area contributed by atoms with Crippen LogP contribution in [0.3, 0.4) is 0 Å². The maximum Gasteiger partial charge on any atom is 0.284 e. The van der Waals surface area contributed by atoms with Crippen molar-refractivity contribution in [2.75, 3.05) is 26.3 Å². The Balaban J connectivity index is 1.62. The molecule has 30 heavy (non-hydrogen) atoms. The van der Waals surface area contributed by atoms with Crippen LogP contribution >= 0.6 is 11.8 Å². The number of ether oxygens (including phenoxy) is 1. The summed E-state index contributed by atoms with van der Waals surface area (Å²) in [4.78, 5) is 11.0. The van der Waals surface area contributed by atoms with Gasteiger partial charge in [0.1, 0.15) is 0 Å². The van der Waals surface area contributed by atoms with E-state index in [9.17, 15) is 18.5 Å². The molecular formula is C18H16N4O6S2. The first kappa shape index (κ1) is 20.5. The number of nitro benzene ring substituents is 1. The molecule has 2 heterocycles. The van der Waals surface area contributed by atoms with Gasteiger partial charge in [0, 0.05) is 24.7 Å². The van der Waals surface area contributed by atoms with Crippen LogP contribution in [0.2, 0.25) is 0 Å². The van der Waals surface area contributed by atoms with E-state index in [1.165, 1.54) is 16.4 Å². The van der Waals surface area contributed by atoms with E-state index >= 15 is 0 Å². The largest absolute Gasteiger partial charge is 0.411 e. The van der Waals surface area contributed by atoms with Crippen molar-refractivity contribution in [3.05, 3.63) is 58.6 Å². The number of nitro groups is 1. The van der Waals surface area contributed by atoms with Crippen LogP contribution < -0.4 is 0 Å². The normalized spacial score (nSPS) is 15.2. The molecule has 0 radical (unpaired) electrons. The molecule has 4 rings (SSSR count). The van der Waals surface area contributed by atoms with Crippen LogP contribution in [0.25, 0.3) is 11.5 Å². The van der Waals surface area contributed by atoms with Crippen molar-refractivity contribution in [3.8, 4) is 11.5 Å². The summed E-state index contributed by atoms with van der Waals surface area (Å²) in [5, 5.41) is 19.6. The first-order valence-corrected chi connectivity index (χ1v) is 11.1. The van der Waals surface area contributed by atoms with Crippen LogP contribution in [0.15, 0.2) is 68.0 Å². The third-order valence-corrected chi connectivity index (χ3v) is 7.16. The molecule has 12 heteroatoms. The summed E-state index contributed by atoms with van der Waals surface area (Å²) in [5.74, 6) is 0.285. The zero-order valence-electron chi connectivity index (χ0n) is 15.5. The lowest BCUT2D eigenvalue weighted by Gasteiger charge is -2.26. The molecule has 0 unspecified atom stereocenters.